The summed E-state index contributed by atoms with van der Waals surface area (Å²) in [5, 5.41) is 25.8. The number of hydrogen-bond acceptors (Lipinski definition) is 7. The Kier molecular flexibility index (Phi) is 5.08. The number of hydrogen-bond donors (Lipinski definition) is 3. The van der Waals surface area contributed by atoms with Crippen molar-refractivity contribution in [1.29, 1.82) is 0 Å². The molecule has 128 valence electrons. The molecule has 0 aliphatic carbocycles. The molecule has 0 saturated carbocycles. The Balaban J connectivity index is 1.56. The van der Waals surface area contributed by atoms with Crippen LogP contribution in [-0.2, 0) is 6.54 Å². The molecule has 8 heteroatoms. The normalized spacial score (nSPS) is 21.6. The van der Waals surface area contributed by atoms with Crippen LogP contribution in [0.4, 0.5) is 0 Å². The van der Waals surface area contributed by atoms with Gasteiger partial charge in [-0.05, 0) is 25.5 Å². The van der Waals surface area contributed by atoms with Gasteiger partial charge in [0, 0.05) is 31.2 Å². The van der Waals surface area contributed by atoms with Crippen molar-refractivity contribution >= 4 is 17.2 Å². The third-order valence-electron chi connectivity index (χ3n) is 4.04. The van der Waals surface area contributed by atoms with Crippen molar-refractivity contribution in [1.82, 2.24) is 20.2 Å². The second-order valence-corrected chi connectivity index (χ2v) is 6.96. The molecule has 24 heavy (non-hydrogen) atoms. The Morgan fingerprint density at radius 1 is 1.54 bits per heavy atom. The van der Waals surface area contributed by atoms with Gasteiger partial charge in [-0.3, -0.25) is 9.69 Å². The Hall–Kier alpha value is -2.03. The average molecular weight is 348 g/mol. The molecule has 3 heterocycles. The molecule has 0 radical (unpaired) electrons. The lowest BCUT2D eigenvalue weighted by Gasteiger charge is -2.35. The summed E-state index contributed by atoms with van der Waals surface area (Å²) >= 11 is 1.61. The number of rotatable bonds is 4. The molecule has 1 aliphatic heterocycles. The van der Waals surface area contributed by atoms with Crippen molar-refractivity contribution in [2.24, 2.45) is 0 Å². The lowest BCUT2D eigenvalue weighted by molar-refractivity contribution is 0.0344. The van der Waals surface area contributed by atoms with Crippen LogP contribution in [0.5, 0.6) is 5.75 Å². The number of thiazole rings is 1. The predicted octanol–water partition coefficient (Wildman–Crippen LogP) is 0.917. The van der Waals surface area contributed by atoms with E-state index in [0.717, 1.165) is 17.2 Å². The van der Waals surface area contributed by atoms with Crippen LogP contribution >= 0.6 is 11.3 Å². The van der Waals surface area contributed by atoms with Crippen LogP contribution in [0.3, 0.4) is 0 Å². The zero-order valence-corrected chi connectivity index (χ0v) is 14.2. The van der Waals surface area contributed by atoms with Gasteiger partial charge in [-0.15, -0.1) is 11.3 Å². The van der Waals surface area contributed by atoms with Gasteiger partial charge >= 0.3 is 0 Å². The van der Waals surface area contributed by atoms with E-state index in [0.29, 0.717) is 19.5 Å². The van der Waals surface area contributed by atoms with Crippen LogP contribution in [0.25, 0.3) is 0 Å². The molecule has 0 aromatic carbocycles. The zero-order valence-electron chi connectivity index (χ0n) is 13.3. The summed E-state index contributed by atoms with van der Waals surface area (Å²) in [6, 6.07) is 2.61. The summed E-state index contributed by atoms with van der Waals surface area (Å²) in [6.07, 6.45) is 1.40. The van der Waals surface area contributed by atoms with Crippen molar-refractivity contribution in [2.75, 3.05) is 13.1 Å². The molecule has 2 atom stereocenters. The maximum Gasteiger partial charge on any atom is 0.274 e. The highest BCUT2D eigenvalue weighted by Gasteiger charge is 2.30. The van der Waals surface area contributed by atoms with E-state index >= 15 is 0 Å². The first-order chi connectivity index (χ1) is 11.5. The number of likely N-dealkylation sites (tertiary alicyclic amines) is 1. The topological polar surface area (TPSA) is 98.6 Å². The van der Waals surface area contributed by atoms with Gasteiger partial charge in [-0.25, -0.2) is 9.97 Å². The molecule has 1 saturated heterocycles. The lowest BCUT2D eigenvalue weighted by Crippen LogP contribution is -2.53. The molecule has 0 spiro atoms. The fourth-order valence-corrected chi connectivity index (χ4v) is 3.43. The molecule has 1 amide bonds. The molecule has 3 rings (SSSR count). The van der Waals surface area contributed by atoms with Crippen LogP contribution in [-0.4, -0.2) is 56.2 Å². The Morgan fingerprint density at radius 2 is 2.38 bits per heavy atom. The van der Waals surface area contributed by atoms with Gasteiger partial charge in [0.2, 0.25) is 0 Å². The van der Waals surface area contributed by atoms with E-state index < -0.39 is 12.0 Å². The number of aromatic nitrogens is 2. The monoisotopic (exact) mass is 348 g/mol. The quantitative estimate of drug-likeness (QED) is 0.760. The van der Waals surface area contributed by atoms with Crippen LogP contribution < -0.4 is 5.32 Å². The fraction of sp³-hybridized carbons (Fsp3) is 0.438. The molecule has 0 unspecified atom stereocenters. The number of aliphatic hydroxyl groups excluding tert-OH is 1. The number of nitrogens with zero attached hydrogens (tertiary/aromatic N) is 3. The summed E-state index contributed by atoms with van der Waals surface area (Å²) in [5.74, 6) is -0.637. The molecular formula is C16H20N4O3S. The number of aromatic hydroxyl groups is 1. The molecule has 2 aromatic rings. The number of pyridine rings is 1. The number of carbonyl (C=O) groups excluding carboxylic acids is 1. The first-order valence-corrected chi connectivity index (χ1v) is 8.67. The van der Waals surface area contributed by atoms with Gasteiger partial charge in [0.1, 0.15) is 5.75 Å². The maximum atomic E-state index is 12.2. The van der Waals surface area contributed by atoms with E-state index in [1.807, 2.05) is 12.3 Å². The zero-order chi connectivity index (χ0) is 17.1. The summed E-state index contributed by atoms with van der Waals surface area (Å²) in [7, 11) is 0. The van der Waals surface area contributed by atoms with E-state index in [1.165, 1.54) is 12.3 Å². The van der Waals surface area contributed by atoms with Gasteiger partial charge in [0.15, 0.2) is 5.69 Å². The van der Waals surface area contributed by atoms with Crippen molar-refractivity contribution < 1.29 is 15.0 Å². The average Bonchev–Trinajstić information content (AvgIpc) is 2.95. The summed E-state index contributed by atoms with van der Waals surface area (Å²) < 4.78 is 0. The number of aryl methyl sites for hydroxylation is 1. The molecule has 3 N–H and O–H groups in total. The van der Waals surface area contributed by atoms with Crippen LogP contribution in [0.1, 0.15) is 27.6 Å². The number of amides is 1. The third-order valence-corrected chi connectivity index (χ3v) is 4.86. The molecule has 0 bridgehead atoms. The summed E-state index contributed by atoms with van der Waals surface area (Å²) in [6.45, 7) is 3.89. The van der Waals surface area contributed by atoms with Crippen molar-refractivity contribution in [3.8, 4) is 5.75 Å². The van der Waals surface area contributed by atoms with Crippen LogP contribution in [0, 0.1) is 6.92 Å². The van der Waals surface area contributed by atoms with Gasteiger partial charge in [0.25, 0.3) is 5.91 Å². The van der Waals surface area contributed by atoms with Gasteiger partial charge < -0.3 is 15.5 Å². The summed E-state index contributed by atoms with van der Waals surface area (Å²) in [5.41, 5.74) is 0.982. The van der Waals surface area contributed by atoms with Crippen molar-refractivity contribution in [2.45, 2.75) is 32.0 Å². The first-order valence-electron chi connectivity index (χ1n) is 7.79. The largest absolute Gasteiger partial charge is 0.505 e. The first kappa shape index (κ1) is 16.8. The van der Waals surface area contributed by atoms with Gasteiger partial charge in [-0.2, -0.15) is 0 Å². The van der Waals surface area contributed by atoms with Crippen LogP contribution in [0.2, 0.25) is 0 Å². The lowest BCUT2D eigenvalue weighted by atomic mass is 10.0. The highest BCUT2D eigenvalue weighted by atomic mass is 32.1. The van der Waals surface area contributed by atoms with E-state index in [-0.39, 0.29) is 17.5 Å². The number of β-amino-alcohol motifs (C(OH)–C–C–N with tert-alkyl or cyclic N) is 1. The van der Waals surface area contributed by atoms with E-state index in [2.05, 4.69) is 20.2 Å². The fourth-order valence-electron chi connectivity index (χ4n) is 2.83. The molecule has 1 aliphatic rings. The Bertz CT molecular complexity index is 721. The number of piperidine rings is 1. The minimum absolute atomic E-state index is 0.0231. The SMILES string of the molecule is Cc1nc(CN2CC[C@@H](NC(=O)c3ncccc3O)[C@H](O)C2)cs1. The second-order valence-electron chi connectivity index (χ2n) is 5.90. The highest BCUT2D eigenvalue weighted by molar-refractivity contribution is 7.09. The minimum Gasteiger partial charge on any atom is -0.505 e. The third kappa shape index (κ3) is 3.89. The van der Waals surface area contributed by atoms with E-state index in [9.17, 15) is 15.0 Å². The summed E-state index contributed by atoms with van der Waals surface area (Å²) in [4.78, 5) is 22.6. The van der Waals surface area contributed by atoms with Gasteiger partial charge in [0.05, 0.1) is 22.8 Å². The van der Waals surface area contributed by atoms with Crippen molar-refractivity contribution in [3.63, 3.8) is 0 Å². The predicted molar refractivity (Wildman–Crippen MR) is 89.9 cm³/mol. The smallest absolute Gasteiger partial charge is 0.274 e. The standard InChI is InChI=1S/C16H20N4O3S/c1-10-18-11(9-24-10)7-20-6-4-12(14(22)8-20)19-16(23)15-13(21)3-2-5-17-15/h2-3,5,9,12,14,21-22H,4,6-8H2,1H3,(H,19,23)/t12-,14-/m1/s1. The molecule has 2 aromatic heterocycles. The molecule has 7 nitrogen and oxygen atoms in total. The maximum absolute atomic E-state index is 12.2. The number of nitrogens with one attached hydrogen (secondary N) is 1. The second kappa shape index (κ2) is 7.25. The number of carbonyl (C=O) groups is 1. The van der Waals surface area contributed by atoms with E-state index in [4.69, 9.17) is 0 Å². The Labute approximate surface area is 144 Å². The van der Waals surface area contributed by atoms with Crippen molar-refractivity contribution in [3.05, 3.63) is 40.1 Å². The number of aliphatic hydroxyl groups is 1. The van der Waals surface area contributed by atoms with Gasteiger partial charge in [-0.1, -0.05) is 0 Å². The molecule has 1 fully saturated rings. The van der Waals surface area contributed by atoms with E-state index in [1.54, 1.807) is 17.4 Å². The molecular weight excluding hydrogens is 328 g/mol. The highest BCUT2D eigenvalue weighted by Crippen LogP contribution is 2.18. The Morgan fingerprint density at radius 3 is 3.04 bits per heavy atom. The minimum atomic E-state index is -0.673. The van der Waals surface area contributed by atoms with Crippen LogP contribution in [0.15, 0.2) is 23.7 Å².